The number of hydrogen-bond donors (Lipinski definition) is 2. The molecule has 0 spiro atoms. The summed E-state index contributed by atoms with van der Waals surface area (Å²) in [6.07, 6.45) is 11.1. The Morgan fingerprint density at radius 1 is 0.973 bits per heavy atom. The topological polar surface area (TPSA) is 77.9 Å². The van der Waals surface area contributed by atoms with Gasteiger partial charge in [-0.1, -0.05) is 18.2 Å². The van der Waals surface area contributed by atoms with Crippen molar-refractivity contribution in [2.24, 2.45) is 0 Å². The van der Waals surface area contributed by atoms with Gasteiger partial charge in [0.1, 0.15) is 11.3 Å². The molecule has 4 heterocycles. The van der Waals surface area contributed by atoms with E-state index in [-0.39, 0.29) is 5.54 Å². The van der Waals surface area contributed by atoms with E-state index in [4.69, 9.17) is 0 Å². The summed E-state index contributed by atoms with van der Waals surface area (Å²) in [5.41, 5.74) is 7.70. The van der Waals surface area contributed by atoms with Crippen molar-refractivity contribution in [3.8, 4) is 22.4 Å². The zero-order valence-electron chi connectivity index (χ0n) is 22.4. The Balaban J connectivity index is 1.30. The summed E-state index contributed by atoms with van der Waals surface area (Å²) in [6.45, 7) is 9.61. The van der Waals surface area contributed by atoms with Crippen LogP contribution >= 0.6 is 0 Å². The molecular formula is C31H37N5O. The van der Waals surface area contributed by atoms with E-state index in [1.54, 1.807) is 20.0 Å². The summed E-state index contributed by atoms with van der Waals surface area (Å²) in [5, 5.41) is 18.8. The molecule has 1 aliphatic heterocycles. The van der Waals surface area contributed by atoms with Crippen LogP contribution in [0.5, 0.6) is 0 Å². The van der Waals surface area contributed by atoms with E-state index >= 15 is 0 Å². The van der Waals surface area contributed by atoms with Crippen LogP contribution in [0, 0.1) is 0 Å². The lowest BCUT2D eigenvalue weighted by Crippen LogP contribution is -2.48. The molecule has 1 unspecified atom stereocenters. The number of pyridine rings is 2. The highest BCUT2D eigenvalue weighted by atomic mass is 16.3. The van der Waals surface area contributed by atoms with Crippen molar-refractivity contribution >= 4 is 11.0 Å². The van der Waals surface area contributed by atoms with Gasteiger partial charge in [-0.2, -0.15) is 5.10 Å². The Labute approximate surface area is 219 Å². The van der Waals surface area contributed by atoms with Crippen LogP contribution in [-0.2, 0) is 18.4 Å². The molecule has 1 saturated heterocycles. The number of fused-ring (bicyclic) bond motifs is 2. The predicted molar refractivity (Wildman–Crippen MR) is 148 cm³/mol. The number of nitrogens with one attached hydrogen (secondary N) is 1. The van der Waals surface area contributed by atoms with Crippen LogP contribution in [0.1, 0.15) is 70.2 Å². The molecule has 4 aromatic rings. The van der Waals surface area contributed by atoms with Gasteiger partial charge in [-0.05, 0) is 108 Å². The van der Waals surface area contributed by atoms with E-state index in [1.165, 1.54) is 48.9 Å². The first-order valence-electron chi connectivity index (χ1n) is 13.6. The molecule has 6 nitrogen and oxygen atoms in total. The molecule has 3 aromatic heterocycles. The number of hydrogen-bond acceptors (Lipinski definition) is 5. The molecule has 2 N–H and O–H groups in total. The monoisotopic (exact) mass is 495 g/mol. The summed E-state index contributed by atoms with van der Waals surface area (Å²) in [7, 11) is 0. The number of H-pyrrole nitrogens is 1. The minimum Gasteiger partial charge on any atom is -0.384 e. The number of rotatable bonds is 4. The summed E-state index contributed by atoms with van der Waals surface area (Å²) >= 11 is 0. The molecule has 192 valence electrons. The molecule has 1 aromatic carbocycles. The summed E-state index contributed by atoms with van der Waals surface area (Å²) < 4.78 is 0. The van der Waals surface area contributed by atoms with Crippen LogP contribution in [0.3, 0.4) is 0 Å². The maximum absolute atomic E-state index is 10.2. The van der Waals surface area contributed by atoms with Gasteiger partial charge in [-0.25, -0.2) is 4.98 Å². The fourth-order valence-corrected chi connectivity index (χ4v) is 6.41. The fraction of sp³-hybridized carbons (Fsp3) is 0.452. The van der Waals surface area contributed by atoms with Crippen molar-refractivity contribution in [1.29, 1.82) is 0 Å². The standard InChI is InChI=1S/C31H37N5O/c1-20-6-5-15-36(20)31(4)13-11-21-7-8-22(16-23(21)12-14-31)25-17-26-28(34-35-29(26)33-19-25)24-9-10-27(32-18-24)30(2,3)37/h7-10,16-20,37H,5-6,11-15H2,1-4H3,(H,33,34,35)/t20-,31?/m1/s1. The van der Waals surface area contributed by atoms with Crippen LogP contribution in [0.4, 0.5) is 0 Å². The van der Waals surface area contributed by atoms with Gasteiger partial charge >= 0.3 is 0 Å². The predicted octanol–water partition coefficient (Wildman–Crippen LogP) is 6.04. The number of aromatic amines is 1. The molecule has 6 rings (SSSR count). The Kier molecular flexibility index (Phi) is 5.92. The summed E-state index contributed by atoms with van der Waals surface area (Å²) in [6, 6.07) is 13.7. The molecule has 0 amide bonds. The van der Waals surface area contributed by atoms with Crippen molar-refractivity contribution in [3.05, 3.63) is 65.6 Å². The van der Waals surface area contributed by atoms with E-state index in [0.29, 0.717) is 11.7 Å². The van der Waals surface area contributed by atoms with Gasteiger partial charge in [0.25, 0.3) is 0 Å². The van der Waals surface area contributed by atoms with E-state index in [1.807, 2.05) is 18.3 Å². The van der Waals surface area contributed by atoms with Gasteiger partial charge in [0.05, 0.1) is 5.69 Å². The number of likely N-dealkylation sites (tertiary alicyclic amines) is 1. The quantitative estimate of drug-likeness (QED) is 0.338. The molecule has 1 aliphatic carbocycles. The highest BCUT2D eigenvalue weighted by Crippen LogP contribution is 2.38. The van der Waals surface area contributed by atoms with Gasteiger partial charge in [0.2, 0.25) is 0 Å². The molecule has 6 heteroatoms. The number of aromatic nitrogens is 4. The largest absolute Gasteiger partial charge is 0.384 e. The van der Waals surface area contributed by atoms with Gasteiger partial charge in [0, 0.05) is 40.5 Å². The lowest BCUT2D eigenvalue weighted by atomic mass is 9.89. The molecular weight excluding hydrogens is 458 g/mol. The fourth-order valence-electron chi connectivity index (χ4n) is 6.41. The first-order chi connectivity index (χ1) is 17.7. The zero-order valence-corrected chi connectivity index (χ0v) is 22.4. The second-order valence-electron chi connectivity index (χ2n) is 11.8. The molecule has 2 atom stereocenters. The molecule has 2 aliphatic rings. The average molecular weight is 496 g/mol. The average Bonchev–Trinajstić information content (AvgIpc) is 3.48. The number of aliphatic hydroxyl groups is 1. The maximum Gasteiger partial charge on any atom is 0.155 e. The minimum atomic E-state index is -0.976. The third kappa shape index (κ3) is 4.47. The Morgan fingerprint density at radius 2 is 1.73 bits per heavy atom. The maximum atomic E-state index is 10.2. The molecule has 37 heavy (non-hydrogen) atoms. The van der Waals surface area contributed by atoms with E-state index in [2.05, 4.69) is 63.2 Å². The van der Waals surface area contributed by atoms with Crippen molar-refractivity contribution < 1.29 is 5.11 Å². The zero-order chi connectivity index (χ0) is 25.8. The third-order valence-corrected chi connectivity index (χ3v) is 8.73. The highest BCUT2D eigenvalue weighted by Gasteiger charge is 2.38. The van der Waals surface area contributed by atoms with Crippen molar-refractivity contribution in [1.82, 2.24) is 25.1 Å². The second-order valence-corrected chi connectivity index (χ2v) is 11.8. The smallest absolute Gasteiger partial charge is 0.155 e. The summed E-state index contributed by atoms with van der Waals surface area (Å²) in [5.74, 6) is 0. The number of nitrogens with zero attached hydrogens (tertiary/aromatic N) is 4. The van der Waals surface area contributed by atoms with Gasteiger partial charge < -0.3 is 5.11 Å². The molecule has 0 saturated carbocycles. The SMILES string of the molecule is C[C@@H]1CCCN1C1(C)CCc2ccc(-c3cnc4[nH]nc(-c5ccc(C(C)(C)O)nc5)c4c3)cc2CC1. The van der Waals surface area contributed by atoms with Gasteiger partial charge in [-0.3, -0.25) is 15.0 Å². The number of aryl methyl sites for hydroxylation is 2. The first-order valence-corrected chi connectivity index (χ1v) is 13.6. The first kappa shape index (κ1) is 24.3. The van der Waals surface area contributed by atoms with E-state index in [9.17, 15) is 5.11 Å². The van der Waals surface area contributed by atoms with Crippen molar-refractivity contribution in [2.45, 2.75) is 83.4 Å². The molecule has 0 bridgehead atoms. The highest BCUT2D eigenvalue weighted by molar-refractivity contribution is 5.93. The summed E-state index contributed by atoms with van der Waals surface area (Å²) in [4.78, 5) is 11.9. The van der Waals surface area contributed by atoms with Crippen LogP contribution in [-0.4, -0.2) is 48.3 Å². The van der Waals surface area contributed by atoms with Crippen molar-refractivity contribution in [2.75, 3.05) is 6.54 Å². The third-order valence-electron chi connectivity index (χ3n) is 8.73. The Bertz CT molecular complexity index is 1430. The van der Waals surface area contributed by atoms with E-state index < -0.39 is 5.60 Å². The lowest BCUT2D eigenvalue weighted by Gasteiger charge is -2.41. The van der Waals surface area contributed by atoms with E-state index in [0.717, 1.165) is 40.7 Å². The Hall–Kier alpha value is -3.09. The minimum absolute atomic E-state index is 0.288. The number of benzene rings is 1. The normalized spacial score (nSPS) is 22.8. The Morgan fingerprint density at radius 3 is 2.43 bits per heavy atom. The van der Waals surface area contributed by atoms with Crippen LogP contribution < -0.4 is 0 Å². The van der Waals surface area contributed by atoms with Crippen LogP contribution in [0.15, 0.2) is 48.8 Å². The van der Waals surface area contributed by atoms with Crippen LogP contribution in [0.2, 0.25) is 0 Å². The molecule has 1 fully saturated rings. The van der Waals surface area contributed by atoms with Crippen molar-refractivity contribution in [3.63, 3.8) is 0 Å². The molecule has 0 radical (unpaired) electrons. The van der Waals surface area contributed by atoms with Gasteiger partial charge in [0.15, 0.2) is 5.65 Å². The lowest BCUT2D eigenvalue weighted by molar-refractivity contribution is 0.0739. The van der Waals surface area contributed by atoms with Crippen LogP contribution in [0.25, 0.3) is 33.4 Å². The van der Waals surface area contributed by atoms with Gasteiger partial charge in [-0.15, -0.1) is 0 Å². The second kappa shape index (κ2) is 9.03.